The fourth-order valence-corrected chi connectivity index (χ4v) is 3.44. The molecule has 3 nitrogen and oxygen atoms in total. The third-order valence-corrected chi connectivity index (χ3v) is 4.57. The number of rotatable bonds is 2. The molecule has 4 aromatic rings. The lowest BCUT2D eigenvalue weighted by Gasteiger charge is -1.96. The standard InChI is InChI=1S/C17H13N3S/c1-11-16(14-10-19-15-7-3-2-6-13(14)15)20-17(21-11)12-5-4-8-18-9-12/h2-10,19H,1H3. The molecule has 3 aromatic heterocycles. The molecule has 0 aliphatic carbocycles. The Morgan fingerprint density at radius 3 is 2.86 bits per heavy atom. The third kappa shape index (κ3) is 2.04. The Hall–Kier alpha value is -2.46. The van der Waals surface area contributed by atoms with Gasteiger partial charge < -0.3 is 4.98 Å². The second-order valence-electron chi connectivity index (χ2n) is 4.91. The Morgan fingerprint density at radius 2 is 2.00 bits per heavy atom. The average molecular weight is 291 g/mol. The maximum atomic E-state index is 4.83. The highest BCUT2D eigenvalue weighted by atomic mass is 32.1. The second kappa shape index (κ2) is 4.82. The van der Waals surface area contributed by atoms with Crippen LogP contribution in [0.5, 0.6) is 0 Å². The van der Waals surface area contributed by atoms with Crippen LogP contribution in [0.15, 0.2) is 55.0 Å². The molecule has 1 N–H and O–H groups in total. The first-order valence-corrected chi connectivity index (χ1v) is 7.59. The van der Waals surface area contributed by atoms with Crippen molar-refractivity contribution in [2.75, 3.05) is 0 Å². The molecule has 4 rings (SSSR count). The molecule has 0 atom stereocenters. The van der Waals surface area contributed by atoms with Crippen molar-refractivity contribution in [3.8, 4) is 21.8 Å². The number of para-hydroxylation sites is 1. The van der Waals surface area contributed by atoms with Crippen LogP contribution in [0.25, 0.3) is 32.7 Å². The zero-order valence-corrected chi connectivity index (χ0v) is 12.3. The Balaban J connectivity index is 1.88. The molecular weight excluding hydrogens is 278 g/mol. The van der Waals surface area contributed by atoms with Crippen molar-refractivity contribution in [2.24, 2.45) is 0 Å². The number of thiazole rings is 1. The van der Waals surface area contributed by atoms with Crippen molar-refractivity contribution in [3.05, 3.63) is 59.9 Å². The minimum Gasteiger partial charge on any atom is -0.360 e. The zero-order valence-electron chi connectivity index (χ0n) is 11.5. The van der Waals surface area contributed by atoms with E-state index in [9.17, 15) is 0 Å². The fourth-order valence-electron chi connectivity index (χ4n) is 2.53. The SMILES string of the molecule is Cc1sc(-c2cccnc2)nc1-c1c[nH]c2ccccc12. The Bertz CT molecular complexity index is 906. The number of pyridine rings is 1. The van der Waals surface area contributed by atoms with Gasteiger partial charge in [0, 0.05) is 45.5 Å². The van der Waals surface area contributed by atoms with E-state index in [2.05, 4.69) is 35.1 Å². The maximum absolute atomic E-state index is 4.83. The highest BCUT2D eigenvalue weighted by Crippen LogP contribution is 2.36. The van der Waals surface area contributed by atoms with Gasteiger partial charge in [0.15, 0.2) is 0 Å². The lowest BCUT2D eigenvalue weighted by molar-refractivity contribution is 1.31. The summed E-state index contributed by atoms with van der Waals surface area (Å²) in [5.74, 6) is 0. The number of hydrogen-bond acceptors (Lipinski definition) is 3. The summed E-state index contributed by atoms with van der Waals surface area (Å²) < 4.78 is 0. The van der Waals surface area contributed by atoms with Crippen molar-refractivity contribution >= 4 is 22.2 Å². The van der Waals surface area contributed by atoms with Gasteiger partial charge >= 0.3 is 0 Å². The van der Waals surface area contributed by atoms with Crippen LogP contribution in [-0.4, -0.2) is 15.0 Å². The van der Waals surface area contributed by atoms with E-state index in [0.29, 0.717) is 0 Å². The molecule has 1 aromatic carbocycles. The average Bonchev–Trinajstić information content (AvgIpc) is 3.11. The first-order chi connectivity index (χ1) is 10.3. The molecule has 4 heteroatoms. The molecule has 3 heterocycles. The summed E-state index contributed by atoms with van der Waals surface area (Å²) >= 11 is 1.71. The molecule has 0 amide bonds. The van der Waals surface area contributed by atoms with Crippen LogP contribution in [0.3, 0.4) is 0 Å². The Labute approximate surface area is 126 Å². The van der Waals surface area contributed by atoms with E-state index in [1.54, 1.807) is 17.5 Å². The Morgan fingerprint density at radius 1 is 1.10 bits per heavy atom. The maximum Gasteiger partial charge on any atom is 0.125 e. The van der Waals surface area contributed by atoms with Crippen LogP contribution in [-0.2, 0) is 0 Å². The van der Waals surface area contributed by atoms with Gasteiger partial charge in [0.2, 0.25) is 0 Å². The van der Waals surface area contributed by atoms with E-state index < -0.39 is 0 Å². The summed E-state index contributed by atoms with van der Waals surface area (Å²) in [6, 6.07) is 12.3. The molecule has 102 valence electrons. The quantitative estimate of drug-likeness (QED) is 0.583. The molecule has 0 radical (unpaired) electrons. The second-order valence-corrected chi connectivity index (χ2v) is 6.12. The Kier molecular flexibility index (Phi) is 2.82. The first kappa shape index (κ1) is 12.3. The number of fused-ring (bicyclic) bond motifs is 1. The number of benzene rings is 1. The van der Waals surface area contributed by atoms with Gasteiger partial charge in [-0.05, 0) is 25.1 Å². The van der Waals surface area contributed by atoms with E-state index in [-0.39, 0.29) is 0 Å². The van der Waals surface area contributed by atoms with Crippen LogP contribution in [0.2, 0.25) is 0 Å². The van der Waals surface area contributed by atoms with Crippen LogP contribution in [0.4, 0.5) is 0 Å². The van der Waals surface area contributed by atoms with Gasteiger partial charge in [-0.3, -0.25) is 4.98 Å². The molecule has 0 unspecified atom stereocenters. The normalized spacial score (nSPS) is 11.1. The zero-order chi connectivity index (χ0) is 14.2. The van der Waals surface area contributed by atoms with E-state index >= 15 is 0 Å². The van der Waals surface area contributed by atoms with Crippen LogP contribution < -0.4 is 0 Å². The summed E-state index contributed by atoms with van der Waals surface area (Å²) in [6.45, 7) is 2.12. The van der Waals surface area contributed by atoms with E-state index in [0.717, 1.165) is 27.3 Å². The van der Waals surface area contributed by atoms with Crippen molar-refractivity contribution in [1.29, 1.82) is 0 Å². The molecule has 21 heavy (non-hydrogen) atoms. The van der Waals surface area contributed by atoms with Crippen LogP contribution in [0, 0.1) is 6.92 Å². The number of aryl methyl sites for hydroxylation is 1. The van der Waals surface area contributed by atoms with Gasteiger partial charge in [0.1, 0.15) is 5.01 Å². The summed E-state index contributed by atoms with van der Waals surface area (Å²) in [5.41, 5.74) is 4.42. The topological polar surface area (TPSA) is 41.6 Å². The third-order valence-electron chi connectivity index (χ3n) is 3.55. The molecule has 0 aliphatic heterocycles. The molecule has 0 bridgehead atoms. The summed E-state index contributed by atoms with van der Waals surface area (Å²) in [6.07, 6.45) is 5.68. The lowest BCUT2D eigenvalue weighted by atomic mass is 10.1. The summed E-state index contributed by atoms with van der Waals surface area (Å²) in [4.78, 5) is 13.5. The predicted molar refractivity (Wildman–Crippen MR) is 87.4 cm³/mol. The van der Waals surface area contributed by atoms with Crippen molar-refractivity contribution in [3.63, 3.8) is 0 Å². The van der Waals surface area contributed by atoms with Crippen molar-refractivity contribution < 1.29 is 0 Å². The number of hydrogen-bond donors (Lipinski definition) is 1. The molecule has 0 spiro atoms. The lowest BCUT2D eigenvalue weighted by Crippen LogP contribution is -1.80. The minimum absolute atomic E-state index is 1.01. The summed E-state index contributed by atoms with van der Waals surface area (Å²) in [5, 5.41) is 2.23. The van der Waals surface area contributed by atoms with Crippen molar-refractivity contribution in [1.82, 2.24) is 15.0 Å². The number of H-pyrrole nitrogens is 1. The number of nitrogens with one attached hydrogen (secondary N) is 1. The number of nitrogens with zero attached hydrogens (tertiary/aromatic N) is 2. The van der Waals surface area contributed by atoms with Gasteiger partial charge in [-0.1, -0.05) is 18.2 Å². The predicted octanol–water partition coefficient (Wildman–Crippen LogP) is 4.66. The highest BCUT2D eigenvalue weighted by Gasteiger charge is 2.14. The molecule has 0 fully saturated rings. The first-order valence-electron chi connectivity index (χ1n) is 6.77. The monoisotopic (exact) mass is 291 g/mol. The van der Waals surface area contributed by atoms with Gasteiger partial charge in [-0.25, -0.2) is 4.98 Å². The van der Waals surface area contributed by atoms with Gasteiger partial charge in [-0.2, -0.15) is 0 Å². The van der Waals surface area contributed by atoms with E-state index in [1.807, 2.05) is 30.6 Å². The van der Waals surface area contributed by atoms with Gasteiger partial charge in [0.05, 0.1) is 5.69 Å². The number of aromatic nitrogens is 3. The molecule has 0 saturated heterocycles. The smallest absolute Gasteiger partial charge is 0.125 e. The molecule has 0 aliphatic rings. The summed E-state index contributed by atoms with van der Waals surface area (Å²) in [7, 11) is 0. The minimum atomic E-state index is 1.01. The van der Waals surface area contributed by atoms with Crippen LogP contribution >= 0.6 is 11.3 Å². The van der Waals surface area contributed by atoms with Gasteiger partial charge in [-0.15, -0.1) is 11.3 Å². The fraction of sp³-hybridized carbons (Fsp3) is 0.0588. The molecular formula is C17H13N3S. The van der Waals surface area contributed by atoms with Crippen LogP contribution in [0.1, 0.15) is 4.88 Å². The van der Waals surface area contributed by atoms with Crippen molar-refractivity contribution in [2.45, 2.75) is 6.92 Å². The van der Waals surface area contributed by atoms with Gasteiger partial charge in [0.25, 0.3) is 0 Å². The number of aromatic amines is 1. The van der Waals surface area contributed by atoms with E-state index in [4.69, 9.17) is 4.98 Å². The van der Waals surface area contributed by atoms with E-state index in [1.165, 1.54) is 10.3 Å². The largest absolute Gasteiger partial charge is 0.360 e. The highest BCUT2D eigenvalue weighted by molar-refractivity contribution is 7.15. The molecule has 0 saturated carbocycles.